The summed E-state index contributed by atoms with van der Waals surface area (Å²) in [6, 6.07) is 14.4. The van der Waals surface area contributed by atoms with Gasteiger partial charge >= 0.3 is 12.1 Å². The Kier molecular flexibility index (Phi) is 8.47. The number of amides is 1. The van der Waals surface area contributed by atoms with Crippen molar-refractivity contribution in [3.8, 4) is 0 Å². The normalized spacial score (nSPS) is 10.2. The van der Waals surface area contributed by atoms with E-state index in [4.69, 9.17) is 9.84 Å². The summed E-state index contributed by atoms with van der Waals surface area (Å²) in [6.07, 6.45) is -0.718. The lowest BCUT2D eigenvalue weighted by molar-refractivity contribution is -0.384. The van der Waals surface area contributed by atoms with Gasteiger partial charge in [0.25, 0.3) is 5.69 Å². The fourth-order valence-electron chi connectivity index (χ4n) is 1.95. The van der Waals surface area contributed by atoms with E-state index in [2.05, 4.69) is 5.32 Å². The molecule has 0 saturated heterocycles. The molecule has 0 aliphatic rings. The largest absolute Gasteiger partial charge is 0.480 e. The van der Waals surface area contributed by atoms with Crippen LogP contribution in [0.1, 0.15) is 36.7 Å². The number of alkyl carbamates (subject to hydrolysis) is 1. The van der Waals surface area contributed by atoms with Crippen molar-refractivity contribution >= 4 is 23.5 Å². The van der Waals surface area contributed by atoms with Crippen LogP contribution in [-0.4, -0.2) is 40.0 Å². The van der Waals surface area contributed by atoms with E-state index in [1.54, 1.807) is 45.0 Å². The molecule has 0 atom stereocenters. The van der Waals surface area contributed by atoms with Gasteiger partial charge in [0, 0.05) is 23.3 Å². The molecule has 2 N–H and O–H groups in total. The van der Waals surface area contributed by atoms with Crippen molar-refractivity contribution < 1.29 is 29.2 Å². The molecule has 0 aliphatic carbocycles. The van der Waals surface area contributed by atoms with Gasteiger partial charge in [0.05, 0.1) is 4.92 Å². The Balaban J connectivity index is 0.000000311. The number of carbonyl (C=O) groups excluding carboxylic acids is 2. The summed E-state index contributed by atoms with van der Waals surface area (Å²) in [5.74, 6) is -1.23. The van der Waals surface area contributed by atoms with Crippen LogP contribution in [0.25, 0.3) is 0 Å². The number of carboxylic acid groups (broad SMARTS) is 1. The van der Waals surface area contributed by atoms with Crippen molar-refractivity contribution in [2.45, 2.75) is 26.4 Å². The second-order valence-electron chi connectivity index (χ2n) is 6.75. The lowest BCUT2D eigenvalue weighted by atomic mass is 10.0. The molecule has 0 heterocycles. The molecule has 0 aliphatic heterocycles. The van der Waals surface area contributed by atoms with Crippen LogP contribution < -0.4 is 5.32 Å². The van der Waals surface area contributed by atoms with Gasteiger partial charge in [0.2, 0.25) is 0 Å². The number of ketones is 1. The minimum atomic E-state index is -1.10. The Bertz CT molecular complexity index is 857. The number of nitrogens with one attached hydrogen (secondary N) is 1. The number of hydrogen-bond acceptors (Lipinski definition) is 6. The lowest BCUT2D eigenvalue weighted by Crippen LogP contribution is -2.35. The molecule has 0 spiro atoms. The van der Waals surface area contributed by atoms with E-state index in [0.29, 0.717) is 11.1 Å². The Morgan fingerprint density at radius 3 is 1.97 bits per heavy atom. The highest BCUT2D eigenvalue weighted by molar-refractivity contribution is 6.09. The van der Waals surface area contributed by atoms with Crippen molar-refractivity contribution in [1.82, 2.24) is 5.32 Å². The molecular weight excluding hydrogens is 380 g/mol. The number of nitrogens with zero attached hydrogens (tertiary/aromatic N) is 1. The first-order valence-electron chi connectivity index (χ1n) is 8.52. The molecule has 2 aromatic carbocycles. The molecule has 0 bridgehead atoms. The predicted octanol–water partition coefficient (Wildman–Crippen LogP) is 3.42. The molecule has 9 nitrogen and oxygen atoms in total. The maximum Gasteiger partial charge on any atom is 0.408 e. The van der Waals surface area contributed by atoms with Gasteiger partial charge in [-0.05, 0) is 32.9 Å². The molecular formula is C20H22N2O7. The van der Waals surface area contributed by atoms with Crippen LogP contribution in [0.5, 0.6) is 0 Å². The monoisotopic (exact) mass is 402 g/mol. The Morgan fingerprint density at radius 1 is 1.00 bits per heavy atom. The summed E-state index contributed by atoms with van der Waals surface area (Å²) in [5.41, 5.74) is 0.403. The zero-order valence-corrected chi connectivity index (χ0v) is 16.2. The van der Waals surface area contributed by atoms with Crippen LogP contribution in [0.3, 0.4) is 0 Å². The summed E-state index contributed by atoms with van der Waals surface area (Å²) in [4.78, 5) is 42.7. The molecule has 2 aromatic rings. The minimum Gasteiger partial charge on any atom is -0.480 e. The van der Waals surface area contributed by atoms with Crippen LogP contribution in [0.4, 0.5) is 10.5 Å². The highest BCUT2D eigenvalue weighted by Gasteiger charge is 2.16. The maximum absolute atomic E-state index is 12.0. The van der Waals surface area contributed by atoms with Crippen molar-refractivity contribution in [2.24, 2.45) is 0 Å². The van der Waals surface area contributed by atoms with Gasteiger partial charge in [0.15, 0.2) is 5.78 Å². The van der Waals surface area contributed by atoms with Crippen molar-refractivity contribution in [3.05, 3.63) is 75.8 Å². The quantitative estimate of drug-likeness (QED) is 0.444. The minimum absolute atomic E-state index is 0.0189. The lowest BCUT2D eigenvalue weighted by Gasteiger charge is -2.19. The highest BCUT2D eigenvalue weighted by Crippen LogP contribution is 2.15. The van der Waals surface area contributed by atoms with E-state index in [-0.39, 0.29) is 11.5 Å². The molecule has 154 valence electrons. The van der Waals surface area contributed by atoms with Gasteiger partial charge in [-0.3, -0.25) is 19.7 Å². The van der Waals surface area contributed by atoms with Gasteiger partial charge in [-0.1, -0.05) is 30.3 Å². The fourth-order valence-corrected chi connectivity index (χ4v) is 1.95. The smallest absolute Gasteiger partial charge is 0.408 e. The second-order valence-corrected chi connectivity index (χ2v) is 6.75. The standard InChI is InChI=1S/C13H9NO3.C7H13NO4/c15-13(10-4-2-1-3-5-10)11-6-8-12(9-7-11)14(16)17;1-7(2,3)12-6(11)8-4-5(9)10/h1-9H;4H2,1-3H3,(H,8,11)(H,9,10). The third kappa shape index (κ3) is 9.14. The second kappa shape index (κ2) is 10.5. The highest BCUT2D eigenvalue weighted by atomic mass is 16.6. The number of carbonyl (C=O) groups is 3. The molecule has 9 heteroatoms. The third-order valence-electron chi connectivity index (χ3n) is 3.16. The van der Waals surface area contributed by atoms with Crippen LogP contribution in [0, 0.1) is 10.1 Å². The topological polar surface area (TPSA) is 136 Å². The summed E-state index contributed by atoms with van der Waals surface area (Å²) >= 11 is 0. The van der Waals surface area contributed by atoms with E-state index < -0.39 is 29.1 Å². The number of nitro groups is 1. The summed E-state index contributed by atoms with van der Waals surface area (Å²) in [6.45, 7) is 4.68. The number of ether oxygens (including phenoxy) is 1. The summed E-state index contributed by atoms with van der Waals surface area (Å²) < 4.78 is 4.77. The average molecular weight is 402 g/mol. The van der Waals surface area contributed by atoms with E-state index >= 15 is 0 Å². The molecule has 0 aromatic heterocycles. The molecule has 0 unspecified atom stereocenters. The SMILES string of the molecule is CC(C)(C)OC(=O)NCC(=O)O.O=C(c1ccccc1)c1ccc([N+](=O)[O-])cc1. The van der Waals surface area contributed by atoms with E-state index in [1.807, 2.05) is 6.07 Å². The molecule has 0 radical (unpaired) electrons. The van der Waals surface area contributed by atoms with Gasteiger partial charge in [-0.2, -0.15) is 0 Å². The predicted molar refractivity (Wildman–Crippen MR) is 105 cm³/mol. The first-order chi connectivity index (χ1) is 13.5. The fraction of sp³-hybridized carbons (Fsp3) is 0.250. The Morgan fingerprint density at radius 2 is 1.52 bits per heavy atom. The number of non-ortho nitro benzene ring substituents is 1. The summed E-state index contributed by atoms with van der Waals surface area (Å²) in [5, 5.41) is 20.7. The van der Waals surface area contributed by atoms with Crippen molar-refractivity contribution in [1.29, 1.82) is 0 Å². The van der Waals surface area contributed by atoms with Gasteiger partial charge in [0.1, 0.15) is 12.1 Å². The maximum atomic E-state index is 12.0. The van der Waals surface area contributed by atoms with Crippen LogP contribution in [0.15, 0.2) is 54.6 Å². The molecule has 0 saturated carbocycles. The molecule has 0 fully saturated rings. The first kappa shape index (κ1) is 23.3. The van der Waals surface area contributed by atoms with E-state index in [0.717, 1.165) is 0 Å². The molecule has 29 heavy (non-hydrogen) atoms. The summed E-state index contributed by atoms with van der Waals surface area (Å²) in [7, 11) is 0. The van der Waals surface area contributed by atoms with Crippen molar-refractivity contribution in [2.75, 3.05) is 6.54 Å². The van der Waals surface area contributed by atoms with E-state index in [9.17, 15) is 24.5 Å². The van der Waals surface area contributed by atoms with E-state index in [1.165, 1.54) is 24.3 Å². The Hall–Kier alpha value is -3.75. The zero-order valence-electron chi connectivity index (χ0n) is 16.2. The number of carboxylic acids is 1. The Labute approximate surface area is 167 Å². The molecule has 2 rings (SSSR count). The number of nitro benzene ring substituents is 1. The molecule has 1 amide bonds. The first-order valence-corrected chi connectivity index (χ1v) is 8.52. The number of benzene rings is 2. The average Bonchev–Trinajstić information content (AvgIpc) is 2.66. The number of rotatable bonds is 5. The van der Waals surface area contributed by atoms with Crippen LogP contribution >= 0.6 is 0 Å². The van der Waals surface area contributed by atoms with Crippen LogP contribution in [-0.2, 0) is 9.53 Å². The van der Waals surface area contributed by atoms with Crippen molar-refractivity contribution in [3.63, 3.8) is 0 Å². The van der Waals surface area contributed by atoms with Crippen LogP contribution in [0.2, 0.25) is 0 Å². The third-order valence-corrected chi connectivity index (χ3v) is 3.16. The number of hydrogen-bond donors (Lipinski definition) is 2. The van der Waals surface area contributed by atoms with Gasteiger partial charge in [-0.25, -0.2) is 4.79 Å². The number of aliphatic carboxylic acids is 1. The zero-order chi connectivity index (χ0) is 22.0. The van der Waals surface area contributed by atoms with Gasteiger partial charge < -0.3 is 15.2 Å². The van der Waals surface area contributed by atoms with Gasteiger partial charge in [-0.15, -0.1) is 0 Å².